The molecule has 0 amide bonds. The molecule has 4 heteroatoms. The van der Waals surface area contributed by atoms with Gasteiger partial charge in [0.25, 0.3) is 0 Å². The molecule has 1 unspecified atom stereocenters. The van der Waals surface area contributed by atoms with Crippen LogP contribution >= 0.6 is 23.2 Å². The minimum Gasteiger partial charge on any atom is -0.489 e. The zero-order valence-electron chi connectivity index (χ0n) is 12.2. The minimum absolute atomic E-state index is 0.0373. The van der Waals surface area contributed by atoms with Crippen molar-refractivity contribution in [1.29, 1.82) is 0 Å². The van der Waals surface area contributed by atoms with Gasteiger partial charge in [-0.2, -0.15) is 0 Å². The van der Waals surface area contributed by atoms with Crippen molar-refractivity contribution < 1.29 is 4.74 Å². The molecule has 0 heterocycles. The molecule has 0 saturated carbocycles. The van der Waals surface area contributed by atoms with E-state index < -0.39 is 0 Å². The molecule has 0 aromatic heterocycles. The highest BCUT2D eigenvalue weighted by molar-refractivity contribution is 6.35. The Morgan fingerprint density at radius 2 is 1.67 bits per heavy atom. The van der Waals surface area contributed by atoms with Crippen LogP contribution in [0.3, 0.4) is 0 Å². The van der Waals surface area contributed by atoms with Gasteiger partial charge < -0.3 is 10.1 Å². The molecular formula is C17H19Cl2NO. The van der Waals surface area contributed by atoms with Crippen molar-refractivity contribution in [3.63, 3.8) is 0 Å². The highest BCUT2D eigenvalue weighted by Crippen LogP contribution is 2.22. The molecule has 0 bridgehead atoms. The SMILES string of the molecule is CCc1ccc(OC(C)CNc2cc(Cl)cc(Cl)c2)cc1. The van der Waals surface area contributed by atoms with Gasteiger partial charge in [0.2, 0.25) is 0 Å². The van der Waals surface area contributed by atoms with Gasteiger partial charge in [0, 0.05) is 15.7 Å². The zero-order chi connectivity index (χ0) is 15.2. The molecular weight excluding hydrogens is 305 g/mol. The summed E-state index contributed by atoms with van der Waals surface area (Å²) < 4.78 is 5.87. The van der Waals surface area contributed by atoms with Crippen molar-refractivity contribution in [3.8, 4) is 5.75 Å². The fourth-order valence-corrected chi connectivity index (χ4v) is 2.52. The van der Waals surface area contributed by atoms with Crippen LogP contribution in [-0.2, 0) is 6.42 Å². The molecule has 2 rings (SSSR count). The summed E-state index contributed by atoms with van der Waals surface area (Å²) >= 11 is 11.9. The second-order valence-electron chi connectivity index (χ2n) is 4.96. The third-order valence-electron chi connectivity index (χ3n) is 3.13. The smallest absolute Gasteiger partial charge is 0.119 e. The van der Waals surface area contributed by atoms with Crippen molar-refractivity contribution in [2.45, 2.75) is 26.4 Å². The van der Waals surface area contributed by atoms with Crippen LogP contribution in [0.15, 0.2) is 42.5 Å². The van der Waals surface area contributed by atoms with Gasteiger partial charge in [-0.15, -0.1) is 0 Å². The van der Waals surface area contributed by atoms with E-state index in [1.165, 1.54) is 5.56 Å². The first-order chi connectivity index (χ1) is 10.1. The van der Waals surface area contributed by atoms with E-state index in [1.807, 2.05) is 31.2 Å². The largest absolute Gasteiger partial charge is 0.489 e. The molecule has 0 aliphatic carbocycles. The highest BCUT2D eigenvalue weighted by Gasteiger charge is 2.05. The predicted octanol–water partition coefficient (Wildman–Crippen LogP) is 5.44. The van der Waals surface area contributed by atoms with Gasteiger partial charge in [-0.1, -0.05) is 42.3 Å². The van der Waals surface area contributed by atoms with Crippen LogP contribution in [0.25, 0.3) is 0 Å². The van der Waals surface area contributed by atoms with Gasteiger partial charge in [-0.05, 0) is 49.2 Å². The van der Waals surface area contributed by atoms with E-state index in [4.69, 9.17) is 27.9 Å². The average molecular weight is 324 g/mol. The summed E-state index contributed by atoms with van der Waals surface area (Å²) in [7, 11) is 0. The van der Waals surface area contributed by atoms with Crippen LogP contribution in [0.4, 0.5) is 5.69 Å². The van der Waals surface area contributed by atoms with Crippen LogP contribution < -0.4 is 10.1 Å². The van der Waals surface area contributed by atoms with Gasteiger partial charge >= 0.3 is 0 Å². The first-order valence-corrected chi connectivity index (χ1v) is 7.78. The molecule has 1 N–H and O–H groups in total. The summed E-state index contributed by atoms with van der Waals surface area (Å²) in [5.41, 5.74) is 2.20. The second kappa shape index (κ2) is 7.58. The number of hydrogen-bond acceptors (Lipinski definition) is 2. The Morgan fingerprint density at radius 1 is 1.05 bits per heavy atom. The second-order valence-corrected chi connectivity index (χ2v) is 5.84. The number of anilines is 1. The molecule has 0 spiro atoms. The van der Waals surface area contributed by atoms with E-state index in [9.17, 15) is 0 Å². The van der Waals surface area contributed by atoms with E-state index >= 15 is 0 Å². The summed E-state index contributed by atoms with van der Waals surface area (Å²) in [4.78, 5) is 0. The maximum Gasteiger partial charge on any atom is 0.119 e. The number of aryl methyl sites for hydroxylation is 1. The molecule has 1 atom stereocenters. The van der Waals surface area contributed by atoms with Gasteiger partial charge in [0.15, 0.2) is 0 Å². The zero-order valence-corrected chi connectivity index (χ0v) is 13.7. The van der Waals surface area contributed by atoms with Crippen molar-refractivity contribution in [1.82, 2.24) is 0 Å². The maximum absolute atomic E-state index is 5.97. The van der Waals surface area contributed by atoms with Crippen molar-refractivity contribution in [3.05, 3.63) is 58.1 Å². The van der Waals surface area contributed by atoms with Gasteiger partial charge in [-0.25, -0.2) is 0 Å². The molecule has 2 aromatic carbocycles. The van der Waals surface area contributed by atoms with E-state index in [-0.39, 0.29) is 6.10 Å². The van der Waals surface area contributed by atoms with Crippen LogP contribution in [0, 0.1) is 0 Å². The standard InChI is InChI=1S/C17H19Cl2NO/c1-3-13-4-6-17(7-5-13)21-12(2)11-20-16-9-14(18)8-15(19)10-16/h4-10,12,20H,3,11H2,1-2H3. The molecule has 0 aliphatic heterocycles. The molecule has 0 radical (unpaired) electrons. The predicted molar refractivity (Wildman–Crippen MR) is 90.9 cm³/mol. The molecule has 0 aliphatic rings. The normalized spacial score (nSPS) is 12.0. The summed E-state index contributed by atoms with van der Waals surface area (Å²) in [5, 5.41) is 4.51. The summed E-state index contributed by atoms with van der Waals surface area (Å²) in [6.45, 7) is 4.83. The number of hydrogen-bond donors (Lipinski definition) is 1. The Hall–Kier alpha value is -1.38. The molecule has 2 nitrogen and oxygen atoms in total. The lowest BCUT2D eigenvalue weighted by atomic mass is 10.2. The van der Waals surface area contributed by atoms with Gasteiger partial charge in [0.05, 0.1) is 6.54 Å². The minimum atomic E-state index is 0.0373. The van der Waals surface area contributed by atoms with Crippen LogP contribution in [-0.4, -0.2) is 12.6 Å². The lowest BCUT2D eigenvalue weighted by molar-refractivity contribution is 0.234. The third kappa shape index (κ3) is 5.14. The van der Waals surface area contributed by atoms with Crippen molar-refractivity contribution in [2.24, 2.45) is 0 Å². The number of rotatable bonds is 6. The highest BCUT2D eigenvalue weighted by atomic mass is 35.5. The van der Waals surface area contributed by atoms with Crippen LogP contribution in [0.1, 0.15) is 19.4 Å². The summed E-state index contributed by atoms with van der Waals surface area (Å²) in [6, 6.07) is 13.6. The summed E-state index contributed by atoms with van der Waals surface area (Å²) in [6.07, 6.45) is 1.07. The Kier molecular flexibility index (Phi) is 5.77. The fourth-order valence-electron chi connectivity index (χ4n) is 2.00. The quantitative estimate of drug-likeness (QED) is 0.764. The van der Waals surface area contributed by atoms with Gasteiger partial charge in [0.1, 0.15) is 11.9 Å². The van der Waals surface area contributed by atoms with Crippen molar-refractivity contribution in [2.75, 3.05) is 11.9 Å². The molecule has 112 valence electrons. The van der Waals surface area contributed by atoms with E-state index in [0.29, 0.717) is 16.6 Å². The van der Waals surface area contributed by atoms with Crippen molar-refractivity contribution >= 4 is 28.9 Å². The third-order valence-corrected chi connectivity index (χ3v) is 3.56. The number of halogens is 2. The first-order valence-electron chi connectivity index (χ1n) is 7.02. The lowest BCUT2D eigenvalue weighted by Crippen LogP contribution is -2.22. The van der Waals surface area contributed by atoms with Gasteiger partial charge in [-0.3, -0.25) is 0 Å². The van der Waals surface area contributed by atoms with E-state index in [0.717, 1.165) is 17.9 Å². The number of nitrogens with one attached hydrogen (secondary N) is 1. The van der Waals surface area contributed by atoms with E-state index in [1.54, 1.807) is 6.07 Å². The van der Waals surface area contributed by atoms with Crippen LogP contribution in [0.2, 0.25) is 10.0 Å². The Labute approximate surface area is 136 Å². The van der Waals surface area contributed by atoms with E-state index in [2.05, 4.69) is 24.4 Å². The van der Waals surface area contributed by atoms with Crippen LogP contribution in [0.5, 0.6) is 5.75 Å². The average Bonchev–Trinajstić information content (AvgIpc) is 2.45. The Morgan fingerprint density at radius 3 is 2.24 bits per heavy atom. The topological polar surface area (TPSA) is 21.3 Å². The first kappa shape index (κ1) is 16.0. The fraction of sp³-hybridized carbons (Fsp3) is 0.294. The molecule has 2 aromatic rings. The molecule has 0 fully saturated rings. The Balaban J connectivity index is 1.87. The monoisotopic (exact) mass is 323 g/mol. The molecule has 21 heavy (non-hydrogen) atoms. The number of ether oxygens (including phenoxy) is 1. The summed E-state index contributed by atoms with van der Waals surface area (Å²) in [5.74, 6) is 0.880. The lowest BCUT2D eigenvalue weighted by Gasteiger charge is -2.16. The maximum atomic E-state index is 5.97. The Bertz CT molecular complexity index is 564. The molecule has 0 saturated heterocycles. The number of benzene rings is 2.